The van der Waals surface area contributed by atoms with Crippen LogP contribution in [0.5, 0.6) is 0 Å². The van der Waals surface area contributed by atoms with Crippen molar-refractivity contribution in [1.29, 1.82) is 0 Å². The summed E-state index contributed by atoms with van der Waals surface area (Å²) in [7, 11) is 1.63. The second kappa shape index (κ2) is 9.95. The van der Waals surface area contributed by atoms with Crippen molar-refractivity contribution in [1.82, 2.24) is 9.88 Å². The van der Waals surface area contributed by atoms with Crippen LogP contribution >= 0.6 is 0 Å². The molecule has 0 radical (unpaired) electrons. The van der Waals surface area contributed by atoms with Gasteiger partial charge in [-0.1, -0.05) is 42.5 Å². The molecule has 0 aliphatic carbocycles. The normalized spacial score (nSPS) is 11.8. The molecular weight excluding hydrogens is 458 g/mol. The van der Waals surface area contributed by atoms with Crippen LogP contribution in [-0.4, -0.2) is 27.7 Å². The molecule has 1 heterocycles. The fraction of sp³-hybridized carbons (Fsp3) is 0.179. The van der Waals surface area contributed by atoms with Gasteiger partial charge in [-0.15, -0.1) is 0 Å². The zero-order valence-electron chi connectivity index (χ0n) is 20.1. The highest BCUT2D eigenvalue weighted by Gasteiger charge is 2.18. The third-order valence-corrected chi connectivity index (χ3v) is 6.33. The molecule has 182 valence electrons. The van der Waals surface area contributed by atoms with Crippen molar-refractivity contribution in [3.05, 3.63) is 109 Å². The summed E-state index contributed by atoms with van der Waals surface area (Å²) >= 11 is 0. The van der Waals surface area contributed by atoms with Gasteiger partial charge in [0.25, 0.3) is 17.2 Å². The SMILES string of the molecule is Cc1cccc(C)c1C(=O)NC(C=O)Cc1ccc(-c2cc3cc([N+](=O)[O-])ccc3n(C)c2=O)cc1. The third kappa shape index (κ3) is 4.79. The van der Waals surface area contributed by atoms with E-state index in [9.17, 15) is 24.5 Å². The van der Waals surface area contributed by atoms with Crippen molar-refractivity contribution in [3.8, 4) is 11.1 Å². The van der Waals surface area contributed by atoms with Crippen molar-refractivity contribution in [2.24, 2.45) is 7.05 Å². The molecule has 1 unspecified atom stereocenters. The largest absolute Gasteiger partial charge is 0.342 e. The molecule has 0 spiro atoms. The number of benzene rings is 3. The number of carbonyl (C=O) groups excluding carboxylic acids is 2. The highest BCUT2D eigenvalue weighted by molar-refractivity contribution is 5.98. The Kier molecular flexibility index (Phi) is 6.78. The molecule has 0 saturated carbocycles. The topological polar surface area (TPSA) is 111 Å². The first-order chi connectivity index (χ1) is 17.2. The molecule has 0 aliphatic rings. The number of hydrogen-bond donors (Lipinski definition) is 1. The van der Waals surface area contributed by atoms with Crippen molar-refractivity contribution in [3.63, 3.8) is 0 Å². The maximum atomic E-state index is 13.0. The van der Waals surface area contributed by atoms with Crippen LogP contribution in [0.15, 0.2) is 71.5 Å². The summed E-state index contributed by atoms with van der Waals surface area (Å²) in [6.45, 7) is 3.71. The molecule has 1 aromatic heterocycles. The first-order valence-corrected chi connectivity index (χ1v) is 11.4. The smallest absolute Gasteiger partial charge is 0.270 e. The van der Waals surface area contributed by atoms with Gasteiger partial charge in [0, 0.05) is 35.7 Å². The van der Waals surface area contributed by atoms with E-state index in [1.54, 1.807) is 43.4 Å². The summed E-state index contributed by atoms with van der Waals surface area (Å²) < 4.78 is 1.47. The van der Waals surface area contributed by atoms with Crippen LogP contribution in [0.3, 0.4) is 0 Å². The highest BCUT2D eigenvalue weighted by atomic mass is 16.6. The lowest BCUT2D eigenvalue weighted by Crippen LogP contribution is -2.38. The van der Waals surface area contributed by atoms with Crippen LogP contribution in [0.2, 0.25) is 0 Å². The Morgan fingerprint density at radius 1 is 1.06 bits per heavy atom. The van der Waals surface area contributed by atoms with Crippen LogP contribution in [-0.2, 0) is 18.3 Å². The number of non-ortho nitro benzene ring substituents is 1. The van der Waals surface area contributed by atoms with E-state index in [2.05, 4.69) is 5.32 Å². The summed E-state index contributed by atoms with van der Waals surface area (Å²) in [5, 5.41) is 14.5. The number of aryl methyl sites for hydroxylation is 3. The summed E-state index contributed by atoms with van der Waals surface area (Å²) in [4.78, 5) is 48.1. The number of fused-ring (bicyclic) bond motifs is 1. The first kappa shape index (κ1) is 24.5. The second-order valence-corrected chi connectivity index (χ2v) is 8.81. The number of nitrogens with zero attached hydrogens (tertiary/aromatic N) is 2. The molecule has 1 amide bonds. The number of aromatic nitrogens is 1. The van der Waals surface area contributed by atoms with E-state index in [0.717, 1.165) is 16.7 Å². The number of carbonyl (C=O) groups is 2. The van der Waals surface area contributed by atoms with Crippen molar-refractivity contribution < 1.29 is 14.5 Å². The van der Waals surface area contributed by atoms with Gasteiger partial charge >= 0.3 is 0 Å². The maximum Gasteiger partial charge on any atom is 0.270 e. The zero-order chi connectivity index (χ0) is 26.0. The molecule has 0 saturated heterocycles. The van der Waals surface area contributed by atoms with Gasteiger partial charge in [0.2, 0.25) is 0 Å². The zero-order valence-corrected chi connectivity index (χ0v) is 20.1. The maximum absolute atomic E-state index is 13.0. The van der Waals surface area contributed by atoms with E-state index in [1.807, 2.05) is 32.0 Å². The summed E-state index contributed by atoms with van der Waals surface area (Å²) in [6.07, 6.45) is 1.01. The number of pyridine rings is 1. The molecule has 4 aromatic rings. The Labute approximate surface area is 207 Å². The van der Waals surface area contributed by atoms with Gasteiger partial charge in [-0.25, -0.2) is 0 Å². The number of aldehydes is 1. The molecular formula is C28H25N3O5. The number of nitrogens with one attached hydrogen (secondary N) is 1. The second-order valence-electron chi connectivity index (χ2n) is 8.81. The molecule has 8 nitrogen and oxygen atoms in total. The summed E-state index contributed by atoms with van der Waals surface area (Å²) in [6, 6.07) is 18.0. The van der Waals surface area contributed by atoms with Crippen molar-refractivity contribution in [2.45, 2.75) is 26.3 Å². The number of nitro groups is 1. The quantitative estimate of drug-likeness (QED) is 0.240. The fourth-order valence-electron chi connectivity index (χ4n) is 4.41. The van der Waals surface area contributed by atoms with Gasteiger partial charge < -0.3 is 14.7 Å². The predicted octanol–water partition coefficient (Wildman–Crippen LogP) is 4.27. The minimum absolute atomic E-state index is 0.0507. The number of rotatable bonds is 7. The molecule has 4 rings (SSSR count). The first-order valence-electron chi connectivity index (χ1n) is 11.4. The molecule has 8 heteroatoms. The van der Waals surface area contributed by atoms with Crippen LogP contribution < -0.4 is 10.9 Å². The van der Waals surface area contributed by atoms with Gasteiger partial charge in [0.15, 0.2) is 0 Å². The van der Waals surface area contributed by atoms with E-state index >= 15 is 0 Å². The van der Waals surface area contributed by atoms with E-state index in [-0.39, 0.29) is 17.2 Å². The molecule has 3 aromatic carbocycles. The Morgan fingerprint density at radius 3 is 2.33 bits per heavy atom. The molecule has 0 bridgehead atoms. The lowest BCUT2D eigenvalue weighted by atomic mass is 9.99. The molecule has 1 N–H and O–H groups in total. The average molecular weight is 484 g/mol. The Balaban J connectivity index is 1.58. The third-order valence-electron chi connectivity index (χ3n) is 6.33. The van der Waals surface area contributed by atoms with Crippen LogP contribution in [0, 0.1) is 24.0 Å². The number of hydrogen-bond acceptors (Lipinski definition) is 5. The molecule has 1 atom stereocenters. The Hall–Kier alpha value is -4.59. The molecule has 0 aliphatic heterocycles. The summed E-state index contributed by atoms with van der Waals surface area (Å²) in [5.41, 5.74) is 4.42. The van der Waals surface area contributed by atoms with Gasteiger partial charge in [0.05, 0.1) is 16.5 Å². The van der Waals surface area contributed by atoms with E-state index in [0.29, 0.717) is 40.3 Å². The van der Waals surface area contributed by atoms with Crippen molar-refractivity contribution in [2.75, 3.05) is 0 Å². The Morgan fingerprint density at radius 2 is 1.72 bits per heavy atom. The molecule has 0 fully saturated rings. The van der Waals surface area contributed by atoms with Gasteiger partial charge in [-0.3, -0.25) is 19.7 Å². The minimum Gasteiger partial charge on any atom is -0.342 e. The van der Waals surface area contributed by atoms with Crippen molar-refractivity contribution >= 4 is 28.8 Å². The highest BCUT2D eigenvalue weighted by Crippen LogP contribution is 2.25. The average Bonchev–Trinajstić information content (AvgIpc) is 2.85. The van der Waals surface area contributed by atoms with Crippen LogP contribution in [0.4, 0.5) is 5.69 Å². The predicted molar refractivity (Wildman–Crippen MR) is 138 cm³/mol. The van der Waals surface area contributed by atoms with E-state index in [4.69, 9.17) is 0 Å². The summed E-state index contributed by atoms with van der Waals surface area (Å²) in [5.74, 6) is -0.298. The number of amides is 1. The van der Waals surface area contributed by atoms with Crippen LogP contribution in [0.1, 0.15) is 27.0 Å². The van der Waals surface area contributed by atoms with Gasteiger partial charge in [-0.2, -0.15) is 0 Å². The van der Waals surface area contributed by atoms with Gasteiger partial charge in [0.1, 0.15) is 6.29 Å². The lowest BCUT2D eigenvalue weighted by molar-refractivity contribution is -0.384. The number of nitro benzene ring substituents is 1. The van der Waals surface area contributed by atoms with E-state index in [1.165, 1.54) is 16.7 Å². The fourth-order valence-corrected chi connectivity index (χ4v) is 4.41. The standard InChI is InChI=1S/C28H25N3O5/c1-17-5-4-6-18(2)26(17)27(33)29-22(16-32)13-19-7-9-20(10-8-19)24-15-21-14-23(31(35)36)11-12-25(21)30(3)28(24)34/h4-12,14-16,22H,13H2,1-3H3,(H,29,33). The van der Waals surface area contributed by atoms with Crippen LogP contribution in [0.25, 0.3) is 22.0 Å². The minimum atomic E-state index is -0.712. The monoisotopic (exact) mass is 483 g/mol. The van der Waals surface area contributed by atoms with Gasteiger partial charge in [-0.05, 0) is 54.7 Å². The molecule has 36 heavy (non-hydrogen) atoms. The Bertz CT molecular complexity index is 1530. The lowest BCUT2D eigenvalue weighted by Gasteiger charge is -2.16. The van der Waals surface area contributed by atoms with E-state index < -0.39 is 11.0 Å².